The number of methoxy groups -OCH3 is 3. The van der Waals surface area contributed by atoms with Crippen LogP contribution in [-0.4, -0.2) is 39.2 Å². The summed E-state index contributed by atoms with van der Waals surface area (Å²) in [4.78, 5) is 38.0. The number of ether oxygens (including phenoxy) is 3. The Balaban J connectivity index is 2.12. The van der Waals surface area contributed by atoms with Gasteiger partial charge in [0.25, 0.3) is 11.8 Å². The average Bonchev–Trinajstić information content (AvgIpc) is 2.71. The Morgan fingerprint density at radius 1 is 0.931 bits per heavy atom. The lowest BCUT2D eigenvalue weighted by atomic mass is 10.0. The Hall–Kier alpha value is -3.88. The first-order valence-corrected chi connectivity index (χ1v) is 8.37. The number of amides is 4. The van der Waals surface area contributed by atoms with Crippen molar-refractivity contribution in [1.82, 2.24) is 5.32 Å². The number of imide groups is 2. The molecule has 1 aliphatic rings. The van der Waals surface area contributed by atoms with Gasteiger partial charge in [-0.3, -0.25) is 14.9 Å². The van der Waals surface area contributed by atoms with Crippen molar-refractivity contribution < 1.29 is 33.0 Å². The van der Waals surface area contributed by atoms with E-state index in [1.807, 2.05) is 5.32 Å². The van der Waals surface area contributed by atoms with Gasteiger partial charge < -0.3 is 14.2 Å². The minimum Gasteiger partial charge on any atom is -0.493 e. The molecule has 150 valence electrons. The highest BCUT2D eigenvalue weighted by atomic mass is 19.1. The van der Waals surface area contributed by atoms with Crippen LogP contribution in [0.5, 0.6) is 17.2 Å². The van der Waals surface area contributed by atoms with Crippen molar-refractivity contribution >= 4 is 29.6 Å². The third-order valence-corrected chi connectivity index (χ3v) is 4.23. The molecule has 1 fully saturated rings. The van der Waals surface area contributed by atoms with Crippen LogP contribution in [0.2, 0.25) is 0 Å². The lowest BCUT2D eigenvalue weighted by Gasteiger charge is -2.26. The minimum absolute atomic E-state index is 0.217. The van der Waals surface area contributed by atoms with E-state index in [-0.39, 0.29) is 22.8 Å². The number of rotatable bonds is 5. The maximum absolute atomic E-state index is 14.1. The van der Waals surface area contributed by atoms with Gasteiger partial charge in [0.05, 0.1) is 27.0 Å². The molecule has 0 aromatic heterocycles. The molecule has 9 heteroatoms. The number of nitrogens with one attached hydrogen (secondary N) is 1. The van der Waals surface area contributed by atoms with E-state index in [0.29, 0.717) is 16.2 Å². The number of para-hydroxylation sites is 1. The molecule has 2 aromatic carbocycles. The third-order valence-electron chi connectivity index (χ3n) is 4.23. The molecule has 3 rings (SSSR count). The minimum atomic E-state index is -1.04. The Kier molecular flexibility index (Phi) is 5.49. The molecule has 8 nitrogen and oxygen atoms in total. The first-order valence-electron chi connectivity index (χ1n) is 8.37. The fourth-order valence-electron chi connectivity index (χ4n) is 2.90. The van der Waals surface area contributed by atoms with Crippen molar-refractivity contribution in [2.45, 2.75) is 0 Å². The number of barbiturate groups is 1. The van der Waals surface area contributed by atoms with Gasteiger partial charge in [0.2, 0.25) is 5.75 Å². The van der Waals surface area contributed by atoms with Crippen molar-refractivity contribution in [2.24, 2.45) is 0 Å². The number of urea groups is 1. The van der Waals surface area contributed by atoms with E-state index in [1.54, 1.807) is 12.1 Å². The van der Waals surface area contributed by atoms with Crippen LogP contribution in [0.15, 0.2) is 42.0 Å². The predicted molar refractivity (Wildman–Crippen MR) is 101 cm³/mol. The smallest absolute Gasteiger partial charge is 0.336 e. The van der Waals surface area contributed by atoms with Gasteiger partial charge in [-0.1, -0.05) is 12.1 Å². The number of benzene rings is 2. The number of carbonyl (C=O) groups is 3. The van der Waals surface area contributed by atoms with Crippen LogP contribution in [0.4, 0.5) is 14.9 Å². The van der Waals surface area contributed by atoms with Gasteiger partial charge >= 0.3 is 6.03 Å². The molecule has 0 aliphatic carbocycles. The number of anilines is 1. The lowest BCUT2D eigenvalue weighted by Crippen LogP contribution is -2.54. The zero-order chi connectivity index (χ0) is 21.1. The maximum atomic E-state index is 14.1. The molecular formula is C20H17FN2O6. The van der Waals surface area contributed by atoms with Crippen LogP contribution < -0.4 is 24.4 Å². The highest BCUT2D eigenvalue weighted by Gasteiger charge is 2.38. The van der Waals surface area contributed by atoms with Gasteiger partial charge in [-0.2, -0.15) is 0 Å². The molecule has 0 atom stereocenters. The van der Waals surface area contributed by atoms with Crippen LogP contribution in [0.25, 0.3) is 6.08 Å². The summed E-state index contributed by atoms with van der Waals surface area (Å²) in [5.74, 6) is -1.81. The van der Waals surface area contributed by atoms with Crippen molar-refractivity contribution in [1.29, 1.82) is 0 Å². The molecule has 1 aliphatic heterocycles. The predicted octanol–water partition coefficient (Wildman–Crippen LogP) is 2.52. The number of carbonyl (C=O) groups excluding carboxylic acids is 3. The number of halogens is 1. The highest BCUT2D eigenvalue weighted by molar-refractivity contribution is 6.39. The second-order valence-electron chi connectivity index (χ2n) is 5.83. The summed E-state index contributed by atoms with van der Waals surface area (Å²) in [6, 6.07) is 7.33. The zero-order valence-corrected chi connectivity index (χ0v) is 15.8. The van der Waals surface area contributed by atoms with Gasteiger partial charge in [0, 0.05) is 5.56 Å². The Morgan fingerprint density at radius 3 is 2.24 bits per heavy atom. The van der Waals surface area contributed by atoms with Gasteiger partial charge in [-0.15, -0.1) is 0 Å². The van der Waals surface area contributed by atoms with Crippen molar-refractivity contribution in [3.8, 4) is 17.2 Å². The van der Waals surface area contributed by atoms with E-state index in [2.05, 4.69) is 0 Å². The van der Waals surface area contributed by atoms with Crippen LogP contribution in [-0.2, 0) is 9.59 Å². The summed E-state index contributed by atoms with van der Waals surface area (Å²) < 4.78 is 30.0. The third kappa shape index (κ3) is 3.49. The molecule has 29 heavy (non-hydrogen) atoms. The van der Waals surface area contributed by atoms with Crippen LogP contribution >= 0.6 is 0 Å². The first-order chi connectivity index (χ1) is 13.9. The van der Waals surface area contributed by atoms with E-state index in [4.69, 9.17) is 14.2 Å². The maximum Gasteiger partial charge on any atom is 0.336 e. The van der Waals surface area contributed by atoms with Crippen LogP contribution in [0.3, 0.4) is 0 Å². The van der Waals surface area contributed by atoms with E-state index in [1.165, 1.54) is 45.6 Å². The normalized spacial score (nSPS) is 15.4. The fraction of sp³-hybridized carbons (Fsp3) is 0.150. The Bertz CT molecular complexity index is 1030. The molecule has 1 N–H and O–H groups in total. The van der Waals surface area contributed by atoms with Crippen LogP contribution in [0, 0.1) is 5.82 Å². The number of hydrogen-bond donors (Lipinski definition) is 1. The van der Waals surface area contributed by atoms with E-state index in [9.17, 15) is 18.8 Å². The van der Waals surface area contributed by atoms with Gasteiger partial charge in [0.1, 0.15) is 11.4 Å². The SMILES string of the molecule is COc1ccc(/C=C2\C(=O)NC(=O)N(c3ccccc3F)C2=O)c(OC)c1OC. The summed E-state index contributed by atoms with van der Waals surface area (Å²) in [7, 11) is 4.25. The van der Waals surface area contributed by atoms with E-state index >= 15 is 0 Å². The topological polar surface area (TPSA) is 94.2 Å². The molecule has 4 amide bonds. The summed E-state index contributed by atoms with van der Waals surface area (Å²) in [6.45, 7) is 0. The van der Waals surface area contributed by atoms with Gasteiger partial charge in [-0.05, 0) is 30.3 Å². The molecule has 2 aromatic rings. The van der Waals surface area contributed by atoms with E-state index in [0.717, 1.165) is 6.07 Å². The molecule has 0 unspecified atom stereocenters. The largest absolute Gasteiger partial charge is 0.493 e. The monoisotopic (exact) mass is 400 g/mol. The van der Waals surface area contributed by atoms with Crippen molar-refractivity contribution in [3.05, 3.63) is 53.4 Å². The summed E-state index contributed by atoms with van der Waals surface area (Å²) in [5.41, 5.74) is -0.322. The lowest BCUT2D eigenvalue weighted by molar-refractivity contribution is -0.122. The first kappa shape index (κ1) is 19.9. The molecular weight excluding hydrogens is 383 g/mol. The molecule has 0 spiro atoms. The zero-order valence-electron chi connectivity index (χ0n) is 15.8. The van der Waals surface area contributed by atoms with Gasteiger partial charge in [-0.25, -0.2) is 14.1 Å². The second kappa shape index (κ2) is 8.01. The number of hydrogen-bond acceptors (Lipinski definition) is 6. The van der Waals surface area contributed by atoms with Crippen LogP contribution in [0.1, 0.15) is 5.56 Å². The Labute approximate surface area is 165 Å². The fourth-order valence-corrected chi connectivity index (χ4v) is 2.90. The second-order valence-corrected chi connectivity index (χ2v) is 5.83. The highest BCUT2D eigenvalue weighted by Crippen LogP contribution is 2.40. The summed E-state index contributed by atoms with van der Waals surface area (Å²) in [6.07, 6.45) is 1.23. The molecule has 0 saturated carbocycles. The molecule has 1 saturated heterocycles. The van der Waals surface area contributed by atoms with Crippen molar-refractivity contribution in [2.75, 3.05) is 26.2 Å². The van der Waals surface area contributed by atoms with Crippen molar-refractivity contribution in [3.63, 3.8) is 0 Å². The molecule has 0 radical (unpaired) electrons. The Morgan fingerprint density at radius 2 is 1.62 bits per heavy atom. The average molecular weight is 400 g/mol. The van der Waals surface area contributed by atoms with Gasteiger partial charge in [0.15, 0.2) is 11.5 Å². The molecule has 0 bridgehead atoms. The standard InChI is InChI=1S/C20H17FN2O6/c1-27-15-9-8-11(16(28-2)17(15)29-3)10-12-18(24)22-20(26)23(19(12)25)14-7-5-4-6-13(14)21/h4-10H,1-3H3,(H,22,24,26)/b12-10+. The summed E-state index contributed by atoms with van der Waals surface area (Å²) >= 11 is 0. The molecule has 1 heterocycles. The van der Waals surface area contributed by atoms with E-state index < -0.39 is 23.7 Å². The quantitative estimate of drug-likeness (QED) is 0.612. The number of nitrogens with zero attached hydrogens (tertiary/aromatic N) is 1. The summed E-state index contributed by atoms with van der Waals surface area (Å²) in [5, 5.41) is 2.04.